The highest BCUT2D eigenvalue weighted by molar-refractivity contribution is 5.95. The van der Waals surface area contributed by atoms with Crippen LogP contribution in [-0.4, -0.2) is 20.4 Å². The van der Waals surface area contributed by atoms with Gasteiger partial charge in [0.15, 0.2) is 0 Å². The molecule has 2 N–H and O–H groups in total. The molecular weight excluding hydrogens is 348 g/mol. The molecule has 5 heteroatoms. The summed E-state index contributed by atoms with van der Waals surface area (Å²) in [6.07, 6.45) is 7.43. The molecule has 0 spiro atoms. The van der Waals surface area contributed by atoms with E-state index in [9.17, 15) is 4.79 Å². The summed E-state index contributed by atoms with van der Waals surface area (Å²) in [5.41, 5.74) is 4.04. The molecule has 1 aliphatic rings. The molecule has 0 amide bonds. The van der Waals surface area contributed by atoms with Crippen LogP contribution in [0.5, 0.6) is 0 Å². The van der Waals surface area contributed by atoms with Crippen LogP contribution in [0.1, 0.15) is 42.5 Å². The standard InChI is InChI=1S/C23H24N4O/c28-22(17-6-2-1-3-7-17)27-21-9-5-4-8-20(21)26-23(27)25-15-16-10-11-19-18(14-16)12-13-24-19/h4-5,8-14,17,24H,1-3,6-7,15H2,(H,25,26). The number of anilines is 1. The first kappa shape index (κ1) is 17.0. The third kappa shape index (κ3) is 3.07. The van der Waals surface area contributed by atoms with Gasteiger partial charge in [-0.25, -0.2) is 9.55 Å². The van der Waals surface area contributed by atoms with Crippen LogP contribution in [-0.2, 0) is 6.54 Å². The Morgan fingerprint density at radius 3 is 2.86 bits per heavy atom. The first-order valence-electron chi connectivity index (χ1n) is 10.1. The molecule has 0 aliphatic heterocycles. The molecule has 0 radical (unpaired) electrons. The summed E-state index contributed by atoms with van der Waals surface area (Å²) in [7, 11) is 0. The quantitative estimate of drug-likeness (QED) is 0.507. The molecule has 142 valence electrons. The van der Waals surface area contributed by atoms with Crippen molar-refractivity contribution in [2.24, 2.45) is 5.92 Å². The second kappa shape index (κ2) is 7.15. The largest absolute Gasteiger partial charge is 0.361 e. The topological polar surface area (TPSA) is 62.7 Å². The average molecular weight is 372 g/mol. The fourth-order valence-electron chi connectivity index (χ4n) is 4.29. The molecule has 2 heterocycles. The van der Waals surface area contributed by atoms with Crippen molar-refractivity contribution in [2.75, 3.05) is 5.32 Å². The van der Waals surface area contributed by atoms with Crippen molar-refractivity contribution in [3.8, 4) is 0 Å². The van der Waals surface area contributed by atoms with Crippen molar-refractivity contribution in [1.82, 2.24) is 14.5 Å². The summed E-state index contributed by atoms with van der Waals surface area (Å²) in [6.45, 7) is 0.627. The van der Waals surface area contributed by atoms with E-state index in [0.29, 0.717) is 12.5 Å². The molecule has 4 aromatic rings. The van der Waals surface area contributed by atoms with Crippen LogP contribution in [0.4, 0.5) is 5.95 Å². The minimum Gasteiger partial charge on any atom is -0.361 e. The molecule has 2 aromatic carbocycles. The van der Waals surface area contributed by atoms with Crippen molar-refractivity contribution < 1.29 is 4.79 Å². The summed E-state index contributed by atoms with van der Waals surface area (Å²) >= 11 is 0. The summed E-state index contributed by atoms with van der Waals surface area (Å²) in [5, 5.41) is 4.60. The lowest BCUT2D eigenvalue weighted by Gasteiger charge is -2.21. The Labute approximate surface area is 163 Å². The number of aromatic amines is 1. The van der Waals surface area contributed by atoms with Crippen molar-refractivity contribution in [1.29, 1.82) is 0 Å². The van der Waals surface area contributed by atoms with Crippen molar-refractivity contribution in [3.05, 3.63) is 60.3 Å². The number of imidazole rings is 1. The van der Waals surface area contributed by atoms with Crippen molar-refractivity contribution in [2.45, 2.75) is 38.6 Å². The number of benzene rings is 2. The first-order chi connectivity index (χ1) is 13.8. The van der Waals surface area contributed by atoms with E-state index in [-0.39, 0.29) is 11.8 Å². The Bertz CT molecular complexity index is 1130. The Morgan fingerprint density at radius 1 is 1.11 bits per heavy atom. The number of nitrogens with zero attached hydrogens (tertiary/aromatic N) is 2. The van der Waals surface area contributed by atoms with Crippen LogP contribution in [0.3, 0.4) is 0 Å². The van der Waals surface area contributed by atoms with Gasteiger partial charge < -0.3 is 10.3 Å². The van der Waals surface area contributed by atoms with Crippen LogP contribution < -0.4 is 5.32 Å². The lowest BCUT2D eigenvalue weighted by molar-refractivity contribution is 0.0809. The summed E-state index contributed by atoms with van der Waals surface area (Å²) in [4.78, 5) is 21.3. The molecule has 0 bridgehead atoms. The Morgan fingerprint density at radius 2 is 1.96 bits per heavy atom. The highest BCUT2D eigenvalue weighted by Gasteiger charge is 2.26. The lowest BCUT2D eigenvalue weighted by atomic mass is 9.88. The molecule has 0 unspecified atom stereocenters. The number of fused-ring (bicyclic) bond motifs is 2. The van der Waals surface area contributed by atoms with E-state index in [1.165, 1.54) is 11.8 Å². The number of H-pyrrole nitrogens is 1. The molecule has 0 atom stereocenters. The molecule has 1 aliphatic carbocycles. The van der Waals surface area contributed by atoms with E-state index in [1.54, 1.807) is 4.57 Å². The van der Waals surface area contributed by atoms with Gasteiger partial charge in [-0.2, -0.15) is 0 Å². The number of carbonyl (C=O) groups excluding carboxylic acids is 1. The van der Waals surface area contributed by atoms with Crippen LogP contribution in [0.25, 0.3) is 21.9 Å². The molecule has 1 fully saturated rings. The number of nitrogens with one attached hydrogen (secondary N) is 2. The fraction of sp³-hybridized carbons (Fsp3) is 0.304. The maximum Gasteiger partial charge on any atom is 0.237 e. The maximum absolute atomic E-state index is 13.3. The molecule has 1 saturated carbocycles. The zero-order valence-corrected chi connectivity index (χ0v) is 15.8. The minimum atomic E-state index is 0.100. The van der Waals surface area contributed by atoms with Crippen LogP contribution in [0, 0.1) is 5.92 Å². The smallest absolute Gasteiger partial charge is 0.237 e. The van der Waals surface area contributed by atoms with E-state index >= 15 is 0 Å². The normalized spacial score (nSPS) is 15.3. The predicted octanol–water partition coefficient (Wildman–Crippen LogP) is 5.35. The Hall–Kier alpha value is -3.08. The van der Waals surface area contributed by atoms with Gasteiger partial charge in [0, 0.05) is 24.2 Å². The Kier molecular flexibility index (Phi) is 4.35. The van der Waals surface area contributed by atoms with E-state index in [0.717, 1.165) is 47.8 Å². The van der Waals surface area contributed by atoms with E-state index < -0.39 is 0 Å². The van der Waals surface area contributed by atoms with Gasteiger partial charge in [0.1, 0.15) is 0 Å². The van der Waals surface area contributed by atoms with Crippen LogP contribution in [0.15, 0.2) is 54.7 Å². The summed E-state index contributed by atoms with van der Waals surface area (Å²) < 4.78 is 1.81. The van der Waals surface area contributed by atoms with Gasteiger partial charge in [0.05, 0.1) is 11.0 Å². The first-order valence-corrected chi connectivity index (χ1v) is 10.1. The fourth-order valence-corrected chi connectivity index (χ4v) is 4.29. The van der Waals surface area contributed by atoms with Gasteiger partial charge in [0.2, 0.25) is 11.9 Å². The van der Waals surface area contributed by atoms with E-state index in [2.05, 4.69) is 34.6 Å². The zero-order chi connectivity index (χ0) is 18.9. The number of aromatic nitrogens is 3. The van der Waals surface area contributed by atoms with Gasteiger partial charge in [-0.1, -0.05) is 37.5 Å². The predicted molar refractivity (Wildman–Crippen MR) is 113 cm³/mol. The number of para-hydroxylation sites is 2. The Balaban J connectivity index is 1.46. The van der Waals surface area contributed by atoms with Gasteiger partial charge in [-0.15, -0.1) is 0 Å². The third-order valence-electron chi connectivity index (χ3n) is 5.80. The van der Waals surface area contributed by atoms with Crippen molar-refractivity contribution >= 4 is 33.8 Å². The highest BCUT2D eigenvalue weighted by Crippen LogP contribution is 2.29. The third-order valence-corrected chi connectivity index (χ3v) is 5.80. The summed E-state index contributed by atoms with van der Waals surface area (Å²) in [5.74, 6) is 0.922. The second-order valence-electron chi connectivity index (χ2n) is 7.69. The number of rotatable bonds is 4. The van der Waals surface area contributed by atoms with E-state index in [1.807, 2.05) is 30.5 Å². The van der Waals surface area contributed by atoms with Gasteiger partial charge in [0.25, 0.3) is 0 Å². The highest BCUT2D eigenvalue weighted by atomic mass is 16.2. The number of carbonyl (C=O) groups is 1. The zero-order valence-electron chi connectivity index (χ0n) is 15.8. The maximum atomic E-state index is 13.3. The SMILES string of the molecule is O=C(C1CCCCC1)n1c(NCc2ccc3[nH]ccc3c2)nc2ccccc21. The second-order valence-corrected chi connectivity index (χ2v) is 7.69. The molecule has 5 rings (SSSR count). The van der Waals surface area contributed by atoms with E-state index in [4.69, 9.17) is 4.98 Å². The molecule has 2 aromatic heterocycles. The molecule has 5 nitrogen and oxygen atoms in total. The van der Waals surface area contributed by atoms with Gasteiger partial charge in [-0.3, -0.25) is 4.79 Å². The lowest BCUT2D eigenvalue weighted by Crippen LogP contribution is -2.25. The van der Waals surface area contributed by atoms with Gasteiger partial charge in [-0.05, 0) is 54.1 Å². The van der Waals surface area contributed by atoms with Crippen LogP contribution >= 0.6 is 0 Å². The van der Waals surface area contributed by atoms with Crippen molar-refractivity contribution in [3.63, 3.8) is 0 Å². The molecule has 28 heavy (non-hydrogen) atoms. The summed E-state index contributed by atoms with van der Waals surface area (Å²) in [6, 6.07) is 16.3. The number of hydrogen-bond donors (Lipinski definition) is 2. The number of hydrogen-bond acceptors (Lipinski definition) is 3. The average Bonchev–Trinajstić information content (AvgIpc) is 3.36. The van der Waals surface area contributed by atoms with Crippen LogP contribution in [0.2, 0.25) is 0 Å². The monoisotopic (exact) mass is 372 g/mol. The molecule has 0 saturated heterocycles. The minimum absolute atomic E-state index is 0.100. The molecular formula is C23H24N4O. The van der Waals surface area contributed by atoms with Gasteiger partial charge >= 0.3 is 0 Å².